The van der Waals surface area contributed by atoms with Gasteiger partial charge in [-0.2, -0.15) is 0 Å². The van der Waals surface area contributed by atoms with Gasteiger partial charge in [0, 0.05) is 46.6 Å². The fourth-order valence-corrected chi connectivity index (χ4v) is 6.76. The van der Waals surface area contributed by atoms with E-state index >= 15 is 0 Å². The first-order valence-electron chi connectivity index (χ1n) is 20.0. The Hall–Kier alpha value is -8.21. The highest BCUT2D eigenvalue weighted by atomic mass is 16.3. The predicted octanol–water partition coefficient (Wildman–Crippen LogP) is 12.9. The number of nitrogens with two attached hydrogens (primary N) is 2. The zero-order valence-electron chi connectivity index (χ0n) is 35.0. The van der Waals surface area contributed by atoms with E-state index in [4.69, 9.17) is 11.5 Å². The second-order valence-electron chi connectivity index (χ2n) is 14.3. The summed E-state index contributed by atoms with van der Waals surface area (Å²) in [5.74, 6) is 0.128. The van der Waals surface area contributed by atoms with Crippen LogP contribution >= 0.6 is 0 Å². The summed E-state index contributed by atoms with van der Waals surface area (Å²) in [7, 11) is 2.02. The van der Waals surface area contributed by atoms with Crippen LogP contribution in [0.4, 0.5) is 62.6 Å². The highest BCUT2D eigenvalue weighted by Gasteiger charge is 2.21. The van der Waals surface area contributed by atoms with E-state index < -0.39 is 0 Å². The topological polar surface area (TPSA) is 162 Å². The van der Waals surface area contributed by atoms with Gasteiger partial charge in [0.2, 0.25) is 0 Å². The maximum Gasteiger partial charge on any atom is 0.147 e. The van der Waals surface area contributed by atoms with Gasteiger partial charge in [-0.1, -0.05) is 115 Å². The molecular weight excluding hydrogens is 767 g/mol. The second-order valence-corrected chi connectivity index (χ2v) is 14.3. The molecule has 0 radical (unpaired) electrons. The van der Waals surface area contributed by atoms with Crippen LogP contribution in [0.2, 0.25) is 0 Å². The summed E-state index contributed by atoms with van der Waals surface area (Å²) in [5, 5.41) is 22.6. The maximum absolute atomic E-state index is 12.1. The Bertz CT molecular complexity index is 2650. The number of anilines is 10. The molecule has 0 amide bonds. The number of benzene rings is 8. The first kappa shape index (κ1) is 43.4. The first-order chi connectivity index (χ1) is 29.9. The number of nitrogen functional groups attached to an aromatic ring is 2. The van der Waals surface area contributed by atoms with Crippen molar-refractivity contribution in [3.05, 3.63) is 206 Å². The number of hydrogen-bond donors (Lipinski definition) is 7. The molecule has 0 aliphatic carbocycles. The summed E-state index contributed by atoms with van der Waals surface area (Å²) in [5.41, 5.74) is 24.2. The summed E-state index contributed by atoms with van der Waals surface area (Å²) in [6.45, 7) is 2.35. The lowest BCUT2D eigenvalue weighted by atomic mass is 10.0. The highest BCUT2D eigenvalue weighted by Crippen LogP contribution is 2.45. The van der Waals surface area contributed by atoms with Crippen molar-refractivity contribution in [2.24, 2.45) is 4.99 Å². The fraction of sp³-hybridized carbons (Fsp3) is 0.0577. The molecule has 0 fully saturated rings. The molecule has 62 heavy (non-hydrogen) atoms. The Morgan fingerprint density at radius 3 is 1.84 bits per heavy atom. The zero-order chi connectivity index (χ0) is 42.4. The van der Waals surface area contributed by atoms with Gasteiger partial charge >= 0.3 is 0 Å². The van der Waals surface area contributed by atoms with Crippen LogP contribution in [0, 0.1) is 6.92 Å². The lowest BCUT2D eigenvalue weighted by molar-refractivity contribution is 0.477. The Labute approximate surface area is 364 Å². The predicted molar refractivity (Wildman–Crippen MR) is 265 cm³/mol. The molecule has 0 bridgehead atoms. The third-order valence-electron chi connectivity index (χ3n) is 10.1. The smallest absolute Gasteiger partial charge is 0.147 e. The third-order valence-corrected chi connectivity index (χ3v) is 10.1. The molecule has 0 atom stereocenters. The molecule has 312 valence electrons. The van der Waals surface area contributed by atoms with Crippen LogP contribution < -0.4 is 43.4 Å². The van der Waals surface area contributed by atoms with E-state index in [9.17, 15) is 5.11 Å². The normalized spacial score (nSPS) is 10.5. The number of phenolic OH excluding ortho intramolecular Hbond substituents is 1. The van der Waals surface area contributed by atoms with Crippen molar-refractivity contribution in [1.29, 1.82) is 0 Å². The standard InChI is InChI=1S/C45H41N7O.C7H9N.H3N/c1-51(35-20-9-4-10-21-35)36-28-29-43(39(46)30-36)52(32-49-34-18-7-3-8-19-34)44-27-15-23-38(45(44)53)37-22-11-12-24-40(37)50-42-26-14-13-25-41(42)48-31-47-33-16-5-2-6-17-33;1-6-4-2-3-5-7(6)8;/h2-31,49-50,53H,32,46H2,1H3,(H,47,48);2-5H,8H2,1H3;1H3. The van der Waals surface area contributed by atoms with Gasteiger partial charge in [0.15, 0.2) is 0 Å². The lowest BCUT2D eigenvalue weighted by Gasteiger charge is -2.29. The van der Waals surface area contributed by atoms with Gasteiger partial charge in [0.25, 0.3) is 0 Å². The molecule has 8 rings (SSSR count). The minimum atomic E-state index is 0. The van der Waals surface area contributed by atoms with Crippen molar-refractivity contribution in [2.45, 2.75) is 6.92 Å². The number of nitrogens with zero attached hydrogens (tertiary/aromatic N) is 3. The number of para-hydroxylation sites is 8. The Morgan fingerprint density at radius 2 is 1.16 bits per heavy atom. The van der Waals surface area contributed by atoms with Gasteiger partial charge in [-0.15, -0.1) is 0 Å². The molecule has 0 aliphatic heterocycles. The molecular formula is C52H53N9O. The second kappa shape index (κ2) is 21.2. The molecule has 0 spiro atoms. The van der Waals surface area contributed by atoms with Crippen LogP contribution in [-0.4, -0.2) is 25.2 Å². The third kappa shape index (κ3) is 10.9. The zero-order valence-corrected chi connectivity index (χ0v) is 35.0. The van der Waals surface area contributed by atoms with Crippen molar-refractivity contribution in [1.82, 2.24) is 6.15 Å². The van der Waals surface area contributed by atoms with Crippen molar-refractivity contribution in [3.8, 4) is 16.9 Å². The summed E-state index contributed by atoms with van der Waals surface area (Å²) in [4.78, 5) is 8.63. The average Bonchev–Trinajstić information content (AvgIpc) is 3.30. The summed E-state index contributed by atoms with van der Waals surface area (Å²) in [6.07, 6.45) is 1.69. The molecule has 11 N–H and O–H groups in total. The minimum absolute atomic E-state index is 0. The van der Waals surface area contributed by atoms with E-state index in [-0.39, 0.29) is 11.9 Å². The first-order valence-corrected chi connectivity index (χ1v) is 20.0. The van der Waals surface area contributed by atoms with Gasteiger partial charge in [0.1, 0.15) is 5.75 Å². The Balaban J connectivity index is 0.000000642. The molecule has 0 aliphatic rings. The maximum atomic E-state index is 12.1. The van der Waals surface area contributed by atoms with Gasteiger partial charge < -0.3 is 48.5 Å². The number of aliphatic imine (C=N–C) groups is 1. The van der Waals surface area contributed by atoms with Gasteiger partial charge in [-0.05, 0) is 97.4 Å². The van der Waals surface area contributed by atoms with E-state index in [1.807, 2.05) is 207 Å². The monoisotopic (exact) mass is 819 g/mol. The Morgan fingerprint density at radius 1 is 0.565 bits per heavy atom. The van der Waals surface area contributed by atoms with Crippen molar-refractivity contribution < 1.29 is 5.11 Å². The molecule has 0 heterocycles. The molecule has 10 nitrogen and oxygen atoms in total. The Kier molecular flexibility index (Phi) is 14.8. The lowest BCUT2D eigenvalue weighted by Crippen LogP contribution is -2.25. The van der Waals surface area contributed by atoms with E-state index in [1.165, 1.54) is 0 Å². The summed E-state index contributed by atoms with van der Waals surface area (Å²) < 4.78 is 0. The van der Waals surface area contributed by atoms with Gasteiger partial charge in [0.05, 0.1) is 47.1 Å². The van der Waals surface area contributed by atoms with Crippen LogP contribution in [0.15, 0.2) is 205 Å². The molecule has 8 aromatic rings. The van der Waals surface area contributed by atoms with Crippen LogP contribution in [-0.2, 0) is 0 Å². The van der Waals surface area contributed by atoms with E-state index in [1.54, 1.807) is 6.34 Å². The summed E-state index contributed by atoms with van der Waals surface area (Å²) in [6, 6.07) is 65.4. The molecule has 0 saturated carbocycles. The molecule has 8 aromatic carbocycles. The van der Waals surface area contributed by atoms with Crippen LogP contribution in [0.25, 0.3) is 11.1 Å². The fourth-order valence-electron chi connectivity index (χ4n) is 6.76. The number of aryl methyl sites for hydroxylation is 1. The molecule has 0 saturated heterocycles. The molecule has 0 aromatic heterocycles. The van der Waals surface area contributed by atoms with Crippen LogP contribution in [0.1, 0.15) is 5.56 Å². The SMILES string of the molecule is CN(c1ccccc1)c1ccc(N(CNc2ccccc2)c2cccc(-c3ccccc3Nc3ccccc3NC=Nc3ccccc3)c2O)c(N)c1.Cc1ccccc1N.N. The number of nitrogens with one attached hydrogen (secondary N) is 3. The number of aromatic hydroxyl groups is 1. The van der Waals surface area contributed by atoms with Gasteiger partial charge in [-0.25, -0.2) is 4.99 Å². The van der Waals surface area contributed by atoms with Gasteiger partial charge in [-0.3, -0.25) is 0 Å². The van der Waals surface area contributed by atoms with Crippen molar-refractivity contribution in [3.63, 3.8) is 0 Å². The van der Waals surface area contributed by atoms with Crippen molar-refractivity contribution in [2.75, 3.05) is 50.9 Å². The summed E-state index contributed by atoms with van der Waals surface area (Å²) >= 11 is 0. The number of rotatable bonds is 13. The molecule has 10 heteroatoms. The minimum Gasteiger partial charge on any atom is -0.505 e. The highest BCUT2D eigenvalue weighted by molar-refractivity contribution is 5.92. The molecule has 0 unspecified atom stereocenters. The van der Waals surface area contributed by atoms with E-state index in [0.717, 1.165) is 62.3 Å². The van der Waals surface area contributed by atoms with Crippen molar-refractivity contribution >= 4 is 68.9 Å². The number of hydrogen-bond acceptors (Lipinski definition) is 9. The number of phenols is 1. The average molecular weight is 820 g/mol. The van der Waals surface area contributed by atoms with Crippen LogP contribution in [0.3, 0.4) is 0 Å². The van der Waals surface area contributed by atoms with Crippen LogP contribution in [0.5, 0.6) is 5.75 Å². The van der Waals surface area contributed by atoms with E-state index in [0.29, 0.717) is 23.6 Å². The quantitative estimate of drug-likeness (QED) is 0.0260. The van der Waals surface area contributed by atoms with E-state index in [2.05, 4.69) is 38.0 Å². The largest absolute Gasteiger partial charge is 0.505 e.